The molecule has 0 heterocycles. The average molecular weight is 277 g/mol. The van der Waals surface area contributed by atoms with Crippen LogP contribution in [0, 0.1) is 0 Å². The summed E-state index contributed by atoms with van der Waals surface area (Å²) in [4.78, 5) is 11.1. The first kappa shape index (κ1) is 14.9. The molecule has 0 saturated heterocycles. The van der Waals surface area contributed by atoms with Crippen molar-refractivity contribution < 1.29 is 14.6 Å². The summed E-state index contributed by atoms with van der Waals surface area (Å²) in [5, 5.41) is 12.2. The molecule has 110 valence electrons. The van der Waals surface area contributed by atoms with Crippen molar-refractivity contribution in [3.63, 3.8) is 0 Å². The lowest BCUT2D eigenvalue weighted by molar-refractivity contribution is -0.140. The molecular formula is C16H23NO3. The summed E-state index contributed by atoms with van der Waals surface area (Å²) in [5.41, 5.74) is 2.79. The van der Waals surface area contributed by atoms with Gasteiger partial charge in [-0.3, -0.25) is 4.79 Å². The minimum absolute atomic E-state index is 0.149. The average Bonchev–Trinajstić information content (AvgIpc) is 2.84. The minimum atomic E-state index is -0.823. The van der Waals surface area contributed by atoms with E-state index in [1.807, 2.05) is 19.9 Å². The summed E-state index contributed by atoms with van der Waals surface area (Å²) in [5.74, 6) is 0.0237. The summed E-state index contributed by atoms with van der Waals surface area (Å²) in [6, 6.07) is 5.79. The van der Waals surface area contributed by atoms with Crippen LogP contribution in [0.25, 0.3) is 0 Å². The van der Waals surface area contributed by atoms with Crippen LogP contribution in [0.1, 0.15) is 37.8 Å². The second-order valence-electron chi connectivity index (χ2n) is 5.63. The van der Waals surface area contributed by atoms with Crippen LogP contribution in [-0.2, 0) is 17.6 Å². The first-order valence-electron chi connectivity index (χ1n) is 7.29. The predicted octanol–water partition coefficient (Wildman–Crippen LogP) is 2.40. The third-order valence-electron chi connectivity index (χ3n) is 3.58. The van der Waals surface area contributed by atoms with E-state index in [2.05, 4.69) is 17.4 Å². The first-order valence-corrected chi connectivity index (χ1v) is 7.29. The summed E-state index contributed by atoms with van der Waals surface area (Å²) in [6.45, 7) is 4.30. The number of carbonyl (C=O) groups is 1. The van der Waals surface area contributed by atoms with Crippen LogP contribution in [0.2, 0.25) is 0 Å². The monoisotopic (exact) mass is 277 g/mol. The van der Waals surface area contributed by atoms with Gasteiger partial charge in [0.15, 0.2) is 0 Å². The number of nitrogens with one attached hydrogen (secondary N) is 1. The number of hydrogen-bond donors (Lipinski definition) is 2. The van der Waals surface area contributed by atoms with E-state index in [-0.39, 0.29) is 6.04 Å². The molecule has 0 spiro atoms. The van der Waals surface area contributed by atoms with Crippen molar-refractivity contribution in [2.45, 2.75) is 51.6 Å². The molecule has 4 nitrogen and oxygen atoms in total. The number of benzene rings is 1. The molecule has 2 rings (SSSR count). The van der Waals surface area contributed by atoms with Gasteiger partial charge in [-0.1, -0.05) is 19.9 Å². The Morgan fingerprint density at radius 2 is 2.10 bits per heavy atom. The molecule has 0 amide bonds. The topological polar surface area (TPSA) is 58.6 Å². The Hall–Kier alpha value is -1.55. The van der Waals surface area contributed by atoms with Crippen LogP contribution >= 0.6 is 0 Å². The third kappa shape index (κ3) is 3.97. The van der Waals surface area contributed by atoms with Crippen molar-refractivity contribution >= 4 is 5.97 Å². The molecule has 1 aliphatic rings. The van der Waals surface area contributed by atoms with E-state index in [0.29, 0.717) is 13.0 Å². The highest BCUT2D eigenvalue weighted by atomic mass is 16.5. The van der Waals surface area contributed by atoms with E-state index in [1.165, 1.54) is 17.5 Å². The van der Waals surface area contributed by atoms with E-state index >= 15 is 0 Å². The van der Waals surface area contributed by atoms with Crippen LogP contribution in [0.4, 0.5) is 0 Å². The van der Waals surface area contributed by atoms with Gasteiger partial charge >= 0.3 is 5.97 Å². The molecule has 0 saturated carbocycles. The van der Waals surface area contributed by atoms with Gasteiger partial charge in [0.05, 0.1) is 6.61 Å². The van der Waals surface area contributed by atoms with E-state index in [1.54, 1.807) is 0 Å². The fraction of sp³-hybridized carbons (Fsp3) is 0.562. The largest absolute Gasteiger partial charge is 0.494 e. The van der Waals surface area contributed by atoms with E-state index < -0.39 is 12.0 Å². The summed E-state index contributed by atoms with van der Waals surface area (Å²) in [7, 11) is 0. The van der Waals surface area contributed by atoms with Gasteiger partial charge in [-0.05, 0) is 42.5 Å². The second-order valence-corrected chi connectivity index (χ2v) is 5.63. The highest BCUT2D eigenvalue weighted by Crippen LogP contribution is 2.26. The molecule has 1 atom stereocenters. The number of hydrogen-bond acceptors (Lipinski definition) is 3. The number of rotatable bonds is 7. The van der Waals surface area contributed by atoms with Gasteiger partial charge in [-0.15, -0.1) is 0 Å². The number of aliphatic carboxylic acids is 1. The maximum absolute atomic E-state index is 11.1. The molecule has 1 aliphatic carbocycles. The normalized spacial score (nSPS) is 15.2. The van der Waals surface area contributed by atoms with Gasteiger partial charge in [-0.2, -0.15) is 0 Å². The molecule has 1 aromatic rings. The van der Waals surface area contributed by atoms with Gasteiger partial charge in [0.25, 0.3) is 0 Å². The second kappa shape index (κ2) is 6.75. The summed E-state index contributed by atoms with van der Waals surface area (Å²) < 4.78 is 5.69. The number of fused-ring (bicyclic) bond motifs is 1. The highest BCUT2D eigenvalue weighted by Gasteiger charge is 2.18. The van der Waals surface area contributed by atoms with E-state index in [4.69, 9.17) is 9.84 Å². The molecule has 1 unspecified atom stereocenters. The molecule has 0 bridgehead atoms. The number of carboxylic acids is 1. The lowest BCUT2D eigenvalue weighted by Crippen LogP contribution is -2.41. The Labute approximate surface area is 120 Å². The number of aryl methyl sites for hydroxylation is 2. The molecule has 0 radical (unpaired) electrons. The Morgan fingerprint density at radius 3 is 2.80 bits per heavy atom. The molecule has 20 heavy (non-hydrogen) atoms. The van der Waals surface area contributed by atoms with Crippen LogP contribution in [0.5, 0.6) is 5.75 Å². The van der Waals surface area contributed by atoms with Crippen LogP contribution in [0.3, 0.4) is 0 Å². The SMILES string of the molecule is CC(C)NC(CCOc1ccc2c(c1)CCC2)C(=O)O. The van der Waals surface area contributed by atoms with Crippen LogP contribution < -0.4 is 10.1 Å². The molecule has 2 N–H and O–H groups in total. The van der Waals surface area contributed by atoms with Crippen LogP contribution in [-0.4, -0.2) is 29.8 Å². The first-order chi connectivity index (χ1) is 9.56. The zero-order valence-corrected chi connectivity index (χ0v) is 12.2. The zero-order valence-electron chi connectivity index (χ0n) is 12.2. The summed E-state index contributed by atoms with van der Waals surface area (Å²) >= 11 is 0. The van der Waals surface area contributed by atoms with Crippen molar-refractivity contribution in [1.29, 1.82) is 0 Å². The Morgan fingerprint density at radius 1 is 1.35 bits per heavy atom. The Bertz CT molecular complexity index is 471. The lowest BCUT2D eigenvalue weighted by atomic mass is 10.1. The predicted molar refractivity (Wildman–Crippen MR) is 78.3 cm³/mol. The van der Waals surface area contributed by atoms with Crippen molar-refractivity contribution in [2.24, 2.45) is 0 Å². The lowest BCUT2D eigenvalue weighted by Gasteiger charge is -2.17. The third-order valence-corrected chi connectivity index (χ3v) is 3.58. The van der Waals surface area contributed by atoms with Gasteiger partial charge in [-0.25, -0.2) is 0 Å². The molecule has 1 aromatic carbocycles. The standard InChI is InChI=1S/C16H23NO3/c1-11(2)17-15(16(18)19)8-9-20-14-7-6-12-4-3-5-13(12)10-14/h6-7,10-11,15,17H,3-5,8-9H2,1-2H3,(H,18,19). The van der Waals surface area contributed by atoms with Crippen molar-refractivity contribution in [2.75, 3.05) is 6.61 Å². The quantitative estimate of drug-likeness (QED) is 0.803. The van der Waals surface area contributed by atoms with E-state index in [0.717, 1.165) is 18.6 Å². The maximum atomic E-state index is 11.1. The van der Waals surface area contributed by atoms with Crippen molar-refractivity contribution in [1.82, 2.24) is 5.32 Å². The molecule has 4 heteroatoms. The Balaban J connectivity index is 1.84. The number of carboxylic acid groups (broad SMARTS) is 1. The van der Waals surface area contributed by atoms with Gasteiger partial charge in [0.1, 0.15) is 11.8 Å². The molecule has 0 aliphatic heterocycles. The van der Waals surface area contributed by atoms with Crippen LogP contribution in [0.15, 0.2) is 18.2 Å². The van der Waals surface area contributed by atoms with Gasteiger partial charge < -0.3 is 15.2 Å². The van der Waals surface area contributed by atoms with Gasteiger partial charge in [0.2, 0.25) is 0 Å². The van der Waals surface area contributed by atoms with Crippen molar-refractivity contribution in [3.8, 4) is 5.75 Å². The van der Waals surface area contributed by atoms with Crippen molar-refractivity contribution in [3.05, 3.63) is 29.3 Å². The number of ether oxygens (including phenoxy) is 1. The molecular weight excluding hydrogens is 254 g/mol. The highest BCUT2D eigenvalue weighted by molar-refractivity contribution is 5.73. The Kier molecular flexibility index (Phi) is 5.01. The smallest absolute Gasteiger partial charge is 0.320 e. The minimum Gasteiger partial charge on any atom is -0.494 e. The zero-order chi connectivity index (χ0) is 14.5. The fourth-order valence-electron chi connectivity index (χ4n) is 2.61. The summed E-state index contributed by atoms with van der Waals surface area (Å²) in [6.07, 6.45) is 3.97. The van der Waals surface area contributed by atoms with Gasteiger partial charge in [0, 0.05) is 12.5 Å². The maximum Gasteiger partial charge on any atom is 0.320 e. The molecule has 0 aromatic heterocycles. The molecule has 0 fully saturated rings. The van der Waals surface area contributed by atoms with E-state index in [9.17, 15) is 4.79 Å². The fourth-order valence-corrected chi connectivity index (χ4v) is 2.61.